The van der Waals surface area contributed by atoms with Crippen molar-refractivity contribution in [2.24, 2.45) is 0 Å². The summed E-state index contributed by atoms with van der Waals surface area (Å²) < 4.78 is 35.6. The minimum Gasteiger partial charge on any atom is -0.462 e. The molecule has 0 heterocycles. The van der Waals surface area contributed by atoms with Crippen molar-refractivity contribution in [3.63, 3.8) is 0 Å². The van der Waals surface area contributed by atoms with E-state index < -0.39 is 37.2 Å². The van der Waals surface area contributed by atoms with E-state index in [1.165, 1.54) is 13.8 Å². The van der Waals surface area contributed by atoms with Crippen molar-refractivity contribution in [3.05, 3.63) is 30.3 Å². The van der Waals surface area contributed by atoms with Gasteiger partial charge in [-0.05, 0) is 51.6 Å². The number of para-hydroxylation sites is 1. The van der Waals surface area contributed by atoms with Crippen LogP contribution in [0.5, 0.6) is 5.75 Å². The minimum absolute atomic E-state index is 0.308. The quantitative estimate of drug-likeness (QED) is 0.415. The maximum absolute atomic E-state index is 14.6. The number of ether oxygens (including phenoxy) is 2. The molecule has 0 aliphatic heterocycles. The number of hydrogen-bond acceptors (Lipinski definition) is 7. The van der Waals surface area contributed by atoms with Gasteiger partial charge in [0, 0.05) is 7.11 Å². The van der Waals surface area contributed by atoms with Crippen LogP contribution in [0.1, 0.15) is 27.7 Å². The van der Waals surface area contributed by atoms with Gasteiger partial charge >= 0.3 is 12.6 Å². The lowest BCUT2D eigenvalue weighted by Crippen LogP contribution is -2.43. The largest absolute Gasteiger partial charge is 0.462 e. The van der Waals surface area contributed by atoms with Gasteiger partial charge in [0.05, 0.1) is 6.10 Å². The van der Waals surface area contributed by atoms with Crippen LogP contribution in [0.3, 0.4) is 0 Å². The van der Waals surface area contributed by atoms with E-state index in [1.54, 1.807) is 44.2 Å². The summed E-state index contributed by atoms with van der Waals surface area (Å²) in [5.41, 5.74) is 0. The molecule has 0 aromatic heterocycles. The van der Waals surface area contributed by atoms with E-state index in [9.17, 15) is 14.3 Å². The van der Waals surface area contributed by atoms with Crippen LogP contribution in [0.15, 0.2) is 30.3 Å². The fourth-order valence-corrected chi connectivity index (χ4v) is 4.25. The zero-order chi connectivity index (χ0) is 20.7. The molecule has 0 aliphatic rings. The fourth-order valence-electron chi connectivity index (χ4n) is 1.86. The molecule has 10 heteroatoms. The van der Waals surface area contributed by atoms with E-state index in [2.05, 4.69) is 5.09 Å². The van der Waals surface area contributed by atoms with E-state index in [0.29, 0.717) is 5.75 Å². The zero-order valence-corrected chi connectivity index (χ0v) is 17.8. The fraction of sp³-hybridized carbons (Fsp3) is 0.588. The van der Waals surface area contributed by atoms with Gasteiger partial charge in [-0.1, -0.05) is 18.2 Å². The number of aliphatic hydroxyl groups excluding tert-OH is 1. The number of nitrogens with one attached hydrogen (secondary N) is 1. The Kier molecular flexibility index (Phi) is 9.27. The van der Waals surface area contributed by atoms with Gasteiger partial charge < -0.3 is 23.6 Å². The molecule has 1 aromatic rings. The number of alkyl halides is 1. The second-order valence-corrected chi connectivity index (χ2v) is 9.31. The monoisotopic (exact) mass is 423 g/mol. The standard InChI is InChI=1S/C17H27FNO6PS/c1-12(2)24-16(21)13(3)19-26(27,25-15-9-7-6-8-10-15)23-11-17(18,22-5)14(4)20/h6-10,12-14,20H,11H2,1-5H3,(H,19,27)/t13?,14-,17+,26?/m0/s1. The maximum Gasteiger partial charge on any atom is 0.323 e. The highest BCUT2D eigenvalue weighted by atomic mass is 32.5. The SMILES string of the molecule is CO[C@](F)(COP(=S)(NC(C)C(=O)OC(C)C)Oc1ccccc1)[C@H](C)O. The first-order valence-electron chi connectivity index (χ1n) is 8.41. The molecular formula is C17H27FNO6PS. The van der Waals surface area contributed by atoms with Crippen LogP contribution in [-0.2, 0) is 30.6 Å². The molecular weight excluding hydrogens is 396 g/mol. The number of benzene rings is 1. The van der Waals surface area contributed by atoms with Crippen LogP contribution in [0.4, 0.5) is 4.39 Å². The lowest BCUT2D eigenvalue weighted by Gasteiger charge is -2.31. The molecule has 2 unspecified atom stereocenters. The molecule has 1 aromatic carbocycles. The zero-order valence-electron chi connectivity index (χ0n) is 16.0. The average Bonchev–Trinajstić information content (AvgIpc) is 2.59. The molecule has 0 amide bonds. The van der Waals surface area contributed by atoms with Crippen molar-refractivity contribution in [2.75, 3.05) is 13.7 Å². The molecule has 0 aliphatic carbocycles. The number of aliphatic hydroxyl groups is 1. The average molecular weight is 423 g/mol. The van der Waals surface area contributed by atoms with E-state index >= 15 is 0 Å². The molecule has 0 bridgehead atoms. The Morgan fingerprint density at radius 2 is 1.89 bits per heavy atom. The Labute approximate surface area is 164 Å². The molecule has 2 N–H and O–H groups in total. The van der Waals surface area contributed by atoms with E-state index in [4.69, 9.17) is 30.3 Å². The van der Waals surface area contributed by atoms with Crippen LogP contribution in [0, 0.1) is 0 Å². The van der Waals surface area contributed by atoms with Crippen molar-refractivity contribution < 1.29 is 32.8 Å². The lowest BCUT2D eigenvalue weighted by atomic mass is 10.2. The van der Waals surface area contributed by atoms with Crippen molar-refractivity contribution in [2.45, 2.75) is 51.8 Å². The van der Waals surface area contributed by atoms with Crippen molar-refractivity contribution >= 4 is 24.4 Å². The van der Waals surface area contributed by atoms with Gasteiger partial charge in [-0.25, -0.2) is 9.48 Å². The van der Waals surface area contributed by atoms with E-state index in [1.807, 2.05) is 0 Å². The summed E-state index contributed by atoms with van der Waals surface area (Å²) >= 11 is 5.44. The third kappa shape index (κ3) is 7.81. The molecule has 1 rings (SSSR count). The van der Waals surface area contributed by atoms with Crippen LogP contribution in [0.2, 0.25) is 0 Å². The van der Waals surface area contributed by atoms with Crippen LogP contribution in [0.25, 0.3) is 0 Å². The molecule has 0 saturated heterocycles. The van der Waals surface area contributed by atoms with Gasteiger partial charge in [-0.3, -0.25) is 4.79 Å². The summed E-state index contributed by atoms with van der Waals surface area (Å²) in [6.45, 7) is 2.12. The first-order chi connectivity index (χ1) is 12.5. The van der Waals surface area contributed by atoms with Crippen LogP contribution in [-0.4, -0.2) is 48.9 Å². The molecule has 4 atom stereocenters. The van der Waals surface area contributed by atoms with Crippen LogP contribution >= 0.6 is 6.64 Å². The molecule has 0 radical (unpaired) electrons. The summed E-state index contributed by atoms with van der Waals surface area (Å²) in [5.74, 6) is -2.64. The normalized spacial score (nSPS) is 18.2. The molecule has 0 saturated carbocycles. The number of carbonyl (C=O) groups is 1. The number of halogens is 1. The van der Waals surface area contributed by atoms with Gasteiger partial charge in [-0.15, -0.1) is 0 Å². The number of methoxy groups -OCH3 is 1. The van der Waals surface area contributed by atoms with Crippen molar-refractivity contribution in [1.29, 1.82) is 0 Å². The first-order valence-corrected chi connectivity index (χ1v) is 11.0. The Morgan fingerprint density at radius 3 is 2.37 bits per heavy atom. The maximum atomic E-state index is 14.6. The Morgan fingerprint density at radius 1 is 1.30 bits per heavy atom. The Hall–Kier alpha value is -1.09. The van der Waals surface area contributed by atoms with Crippen molar-refractivity contribution in [3.8, 4) is 5.75 Å². The van der Waals surface area contributed by atoms with Gasteiger partial charge in [-0.2, -0.15) is 0 Å². The lowest BCUT2D eigenvalue weighted by molar-refractivity contribution is -0.201. The smallest absolute Gasteiger partial charge is 0.323 e. The summed E-state index contributed by atoms with van der Waals surface area (Å²) in [5, 5.41) is 12.4. The van der Waals surface area contributed by atoms with Gasteiger partial charge in [0.2, 0.25) is 0 Å². The highest BCUT2D eigenvalue weighted by Crippen LogP contribution is 2.46. The second-order valence-electron chi connectivity index (χ2n) is 6.18. The number of carbonyl (C=O) groups excluding carboxylic acids is 1. The molecule has 7 nitrogen and oxygen atoms in total. The number of esters is 1. The number of rotatable bonds is 11. The topological polar surface area (TPSA) is 86.3 Å². The number of hydrogen-bond donors (Lipinski definition) is 2. The molecule has 154 valence electrons. The second kappa shape index (κ2) is 10.5. The summed E-state index contributed by atoms with van der Waals surface area (Å²) in [4.78, 5) is 12.1. The van der Waals surface area contributed by atoms with Gasteiger partial charge in [0.1, 0.15) is 24.5 Å². The summed E-state index contributed by atoms with van der Waals surface area (Å²) in [6, 6.07) is 7.70. The van der Waals surface area contributed by atoms with E-state index in [-0.39, 0.29) is 6.10 Å². The summed E-state index contributed by atoms with van der Waals surface area (Å²) in [7, 11) is 1.10. The summed E-state index contributed by atoms with van der Waals surface area (Å²) in [6.07, 6.45) is -1.77. The predicted molar refractivity (Wildman–Crippen MR) is 104 cm³/mol. The highest BCUT2D eigenvalue weighted by Gasteiger charge is 2.39. The molecule has 0 fully saturated rings. The Balaban J connectivity index is 2.98. The molecule has 27 heavy (non-hydrogen) atoms. The van der Waals surface area contributed by atoms with Gasteiger partial charge in [0.25, 0.3) is 5.85 Å². The molecule has 0 spiro atoms. The third-order valence-electron chi connectivity index (χ3n) is 3.42. The van der Waals surface area contributed by atoms with Gasteiger partial charge in [0.15, 0.2) is 0 Å². The highest BCUT2D eigenvalue weighted by molar-refractivity contribution is 8.09. The van der Waals surface area contributed by atoms with Crippen molar-refractivity contribution in [1.82, 2.24) is 5.09 Å². The third-order valence-corrected chi connectivity index (χ3v) is 5.90. The van der Waals surface area contributed by atoms with Crippen LogP contribution < -0.4 is 9.61 Å². The minimum atomic E-state index is -3.39. The predicted octanol–water partition coefficient (Wildman–Crippen LogP) is 2.93. The first kappa shape index (κ1) is 23.9. The Bertz CT molecular complexity index is 648. The van der Waals surface area contributed by atoms with E-state index in [0.717, 1.165) is 7.11 Å².